The second-order valence-corrected chi connectivity index (χ2v) is 8.32. The molecule has 158 valence electrons. The van der Waals surface area contributed by atoms with Gasteiger partial charge in [-0.25, -0.2) is 13.4 Å². The molecule has 0 aromatic heterocycles. The Labute approximate surface area is 189 Å². The number of benzene rings is 2. The van der Waals surface area contributed by atoms with Crippen molar-refractivity contribution in [3.05, 3.63) is 59.7 Å². The number of hydrogen-bond acceptors (Lipinski definition) is 4. The molecule has 9 heteroatoms. The topological polar surface area (TPSA) is 99.7 Å². The predicted molar refractivity (Wildman–Crippen MR) is 128 cm³/mol. The van der Waals surface area contributed by atoms with Gasteiger partial charge in [-0.05, 0) is 43.2 Å². The van der Waals surface area contributed by atoms with Gasteiger partial charge in [0.25, 0.3) is 0 Å². The van der Waals surface area contributed by atoms with Crippen LogP contribution >= 0.6 is 24.0 Å². The van der Waals surface area contributed by atoms with E-state index < -0.39 is 9.84 Å². The Balaban J connectivity index is 0.00000420. The summed E-state index contributed by atoms with van der Waals surface area (Å²) in [7, 11) is -3.24. The van der Waals surface area contributed by atoms with Crippen LogP contribution in [0.5, 0.6) is 0 Å². The van der Waals surface area contributed by atoms with Crippen molar-refractivity contribution < 1.29 is 13.2 Å². The first-order valence-electron chi connectivity index (χ1n) is 8.96. The van der Waals surface area contributed by atoms with Crippen molar-refractivity contribution in [1.82, 2.24) is 10.6 Å². The number of halogens is 1. The molecule has 2 aromatic rings. The van der Waals surface area contributed by atoms with Crippen molar-refractivity contribution in [2.45, 2.75) is 25.3 Å². The molecule has 0 aliphatic heterocycles. The van der Waals surface area contributed by atoms with Crippen LogP contribution in [-0.2, 0) is 21.2 Å². The van der Waals surface area contributed by atoms with Crippen LogP contribution in [0.2, 0.25) is 0 Å². The minimum atomic E-state index is -3.24. The summed E-state index contributed by atoms with van der Waals surface area (Å²) in [6.45, 7) is 4.79. The van der Waals surface area contributed by atoms with Crippen LogP contribution in [0.25, 0.3) is 0 Å². The van der Waals surface area contributed by atoms with E-state index in [1.165, 1.54) is 6.26 Å². The average Bonchev–Trinajstić information content (AvgIpc) is 2.64. The molecule has 0 unspecified atom stereocenters. The lowest BCUT2D eigenvalue weighted by atomic mass is 10.1. The number of amides is 1. The molecular formula is C20H27IN4O3S. The Kier molecular flexibility index (Phi) is 10.1. The summed E-state index contributed by atoms with van der Waals surface area (Å²) in [4.78, 5) is 16.8. The van der Waals surface area contributed by atoms with Gasteiger partial charge < -0.3 is 16.0 Å². The number of carbonyl (C=O) groups is 1. The molecule has 0 saturated carbocycles. The van der Waals surface area contributed by atoms with E-state index in [1.807, 2.05) is 43.3 Å². The zero-order chi connectivity index (χ0) is 20.6. The Morgan fingerprint density at radius 2 is 1.76 bits per heavy atom. The standard InChI is InChI=1S/C20H26N4O3S.HI/c1-4-21-20(23-14-19(25)24-17-8-6-5-7-9-17)22-13-16-10-11-18(15(2)12-16)28(3,26)27;/h5-12H,4,13-14H2,1-3H3,(H,24,25)(H2,21,22,23);1H. The molecule has 0 heterocycles. The van der Waals surface area contributed by atoms with E-state index >= 15 is 0 Å². The van der Waals surface area contributed by atoms with Crippen LogP contribution in [0.3, 0.4) is 0 Å². The lowest BCUT2D eigenvalue weighted by molar-refractivity contribution is -0.115. The molecule has 0 radical (unpaired) electrons. The number of rotatable bonds is 7. The Hall–Kier alpha value is -2.14. The summed E-state index contributed by atoms with van der Waals surface area (Å²) in [5.41, 5.74) is 2.31. The number of hydrogen-bond donors (Lipinski definition) is 3. The number of nitrogens with zero attached hydrogens (tertiary/aromatic N) is 1. The monoisotopic (exact) mass is 530 g/mol. The molecule has 0 aliphatic carbocycles. The molecule has 29 heavy (non-hydrogen) atoms. The molecule has 0 spiro atoms. The van der Waals surface area contributed by atoms with Crippen LogP contribution < -0.4 is 16.0 Å². The van der Waals surface area contributed by atoms with Gasteiger partial charge in [-0.2, -0.15) is 0 Å². The molecule has 0 fully saturated rings. The lowest BCUT2D eigenvalue weighted by Crippen LogP contribution is -2.41. The molecular weight excluding hydrogens is 503 g/mol. The highest BCUT2D eigenvalue weighted by Crippen LogP contribution is 2.17. The fraction of sp³-hybridized carbons (Fsp3) is 0.300. The first-order chi connectivity index (χ1) is 13.3. The van der Waals surface area contributed by atoms with Crippen LogP contribution in [0, 0.1) is 6.92 Å². The van der Waals surface area contributed by atoms with Crippen molar-refractivity contribution >= 4 is 51.4 Å². The van der Waals surface area contributed by atoms with Crippen LogP contribution in [0.4, 0.5) is 5.69 Å². The van der Waals surface area contributed by atoms with Gasteiger partial charge in [-0.15, -0.1) is 24.0 Å². The van der Waals surface area contributed by atoms with Gasteiger partial charge in [0.05, 0.1) is 18.0 Å². The smallest absolute Gasteiger partial charge is 0.243 e. The van der Waals surface area contributed by atoms with Gasteiger partial charge >= 0.3 is 0 Å². The summed E-state index contributed by atoms with van der Waals surface area (Å²) < 4.78 is 23.4. The SMILES string of the molecule is CCNC(=NCc1ccc(S(C)(=O)=O)c(C)c1)NCC(=O)Nc1ccccc1.I. The van der Waals surface area contributed by atoms with Crippen LogP contribution in [0.15, 0.2) is 58.4 Å². The van der Waals surface area contributed by atoms with Gasteiger partial charge in [-0.3, -0.25) is 4.79 Å². The lowest BCUT2D eigenvalue weighted by Gasteiger charge is -2.12. The summed E-state index contributed by atoms with van der Waals surface area (Å²) >= 11 is 0. The Morgan fingerprint density at radius 1 is 1.07 bits per heavy atom. The second kappa shape index (κ2) is 11.8. The van der Waals surface area contributed by atoms with Crippen molar-refractivity contribution in [3.63, 3.8) is 0 Å². The molecule has 0 aliphatic rings. The summed E-state index contributed by atoms with van der Waals surface area (Å²) in [5.74, 6) is 0.334. The van der Waals surface area contributed by atoms with E-state index in [0.717, 1.165) is 11.3 Å². The molecule has 2 aromatic carbocycles. The number of nitrogens with one attached hydrogen (secondary N) is 3. The van der Waals surface area contributed by atoms with Gasteiger partial charge in [0.15, 0.2) is 15.8 Å². The van der Waals surface area contributed by atoms with E-state index in [1.54, 1.807) is 19.1 Å². The van der Waals surface area contributed by atoms with E-state index in [-0.39, 0.29) is 36.4 Å². The molecule has 3 N–H and O–H groups in total. The molecule has 2 rings (SSSR count). The number of guanidine groups is 1. The fourth-order valence-electron chi connectivity index (χ4n) is 2.63. The molecule has 0 atom stereocenters. The third-order valence-corrected chi connectivity index (χ3v) is 5.13. The molecule has 7 nitrogen and oxygen atoms in total. The van der Waals surface area contributed by atoms with E-state index in [0.29, 0.717) is 29.5 Å². The third kappa shape index (κ3) is 8.40. The number of anilines is 1. The maximum Gasteiger partial charge on any atom is 0.243 e. The van der Waals surface area contributed by atoms with Gasteiger partial charge in [0.1, 0.15) is 0 Å². The Bertz CT molecular complexity index is 947. The number of aryl methyl sites for hydroxylation is 1. The van der Waals surface area contributed by atoms with Crippen molar-refractivity contribution in [2.24, 2.45) is 4.99 Å². The molecule has 0 bridgehead atoms. The number of aliphatic imine (C=N–C) groups is 1. The normalized spacial score (nSPS) is 11.3. The third-order valence-electron chi connectivity index (χ3n) is 3.88. The van der Waals surface area contributed by atoms with E-state index in [2.05, 4.69) is 20.9 Å². The highest BCUT2D eigenvalue weighted by Gasteiger charge is 2.11. The zero-order valence-corrected chi connectivity index (χ0v) is 19.9. The van der Waals surface area contributed by atoms with E-state index in [9.17, 15) is 13.2 Å². The fourth-order valence-corrected chi connectivity index (χ4v) is 3.59. The number of sulfone groups is 1. The van der Waals surface area contributed by atoms with E-state index in [4.69, 9.17) is 0 Å². The summed E-state index contributed by atoms with van der Waals surface area (Å²) in [6, 6.07) is 14.4. The number of para-hydroxylation sites is 1. The van der Waals surface area contributed by atoms with Gasteiger partial charge in [-0.1, -0.05) is 30.3 Å². The average molecular weight is 530 g/mol. The first-order valence-corrected chi connectivity index (χ1v) is 10.9. The predicted octanol–water partition coefficient (Wildman–Crippen LogP) is 2.71. The zero-order valence-electron chi connectivity index (χ0n) is 16.7. The first kappa shape index (κ1) is 24.9. The minimum Gasteiger partial charge on any atom is -0.357 e. The van der Waals surface area contributed by atoms with Crippen LogP contribution in [-0.4, -0.2) is 39.6 Å². The maximum absolute atomic E-state index is 12.1. The quantitative estimate of drug-likeness (QED) is 0.291. The van der Waals surface area contributed by atoms with Gasteiger partial charge in [0.2, 0.25) is 5.91 Å². The highest BCUT2D eigenvalue weighted by atomic mass is 127. The molecule has 0 saturated heterocycles. The molecule has 1 amide bonds. The van der Waals surface area contributed by atoms with Crippen LogP contribution in [0.1, 0.15) is 18.1 Å². The number of carbonyl (C=O) groups excluding carboxylic acids is 1. The maximum atomic E-state index is 12.1. The van der Waals surface area contributed by atoms with Crippen molar-refractivity contribution in [2.75, 3.05) is 24.7 Å². The minimum absolute atomic E-state index is 0. The summed E-state index contributed by atoms with van der Waals surface area (Å²) in [6.07, 6.45) is 1.20. The summed E-state index contributed by atoms with van der Waals surface area (Å²) in [5, 5.41) is 8.88. The van der Waals surface area contributed by atoms with Crippen molar-refractivity contribution in [3.8, 4) is 0 Å². The Morgan fingerprint density at radius 3 is 2.34 bits per heavy atom. The highest BCUT2D eigenvalue weighted by molar-refractivity contribution is 14.0. The largest absolute Gasteiger partial charge is 0.357 e. The van der Waals surface area contributed by atoms with Crippen molar-refractivity contribution in [1.29, 1.82) is 0 Å². The second-order valence-electron chi connectivity index (χ2n) is 6.33. The van der Waals surface area contributed by atoms with Gasteiger partial charge in [0, 0.05) is 18.5 Å².